The lowest BCUT2D eigenvalue weighted by Crippen LogP contribution is -2.22. The highest BCUT2D eigenvalue weighted by Gasteiger charge is 2.32. The number of fused-ring (bicyclic) bond motifs is 1. The molecule has 1 N–H and O–H groups in total. The summed E-state index contributed by atoms with van der Waals surface area (Å²) in [5.41, 5.74) is 2.61. The van der Waals surface area contributed by atoms with Gasteiger partial charge in [0.2, 0.25) is 0 Å². The first-order chi connectivity index (χ1) is 10.3. The van der Waals surface area contributed by atoms with Gasteiger partial charge >= 0.3 is 0 Å². The number of nitrogens with one attached hydrogen (secondary N) is 1. The maximum atomic E-state index is 5.83. The lowest BCUT2D eigenvalue weighted by molar-refractivity contribution is 0.351. The normalized spacial score (nSPS) is 18.3. The van der Waals surface area contributed by atoms with Crippen molar-refractivity contribution >= 4 is 27.3 Å². The predicted molar refractivity (Wildman–Crippen MR) is 90.0 cm³/mol. The number of thiophene rings is 1. The van der Waals surface area contributed by atoms with Crippen molar-refractivity contribution in [1.29, 1.82) is 0 Å². The van der Waals surface area contributed by atoms with Crippen molar-refractivity contribution in [3.8, 4) is 5.75 Å². The molecule has 1 saturated carbocycles. The van der Waals surface area contributed by atoms with Crippen molar-refractivity contribution < 1.29 is 4.74 Å². The molecule has 1 fully saturated rings. The van der Waals surface area contributed by atoms with Crippen molar-refractivity contribution in [2.75, 3.05) is 6.61 Å². The molecule has 2 nitrogen and oxygen atoms in total. The Hall–Kier alpha value is -0.840. The van der Waals surface area contributed by atoms with Crippen LogP contribution < -0.4 is 10.1 Å². The van der Waals surface area contributed by atoms with E-state index in [1.165, 1.54) is 28.8 Å². The van der Waals surface area contributed by atoms with Gasteiger partial charge in [0.05, 0.1) is 6.61 Å². The number of halogens is 1. The summed E-state index contributed by atoms with van der Waals surface area (Å²) >= 11 is 5.48. The van der Waals surface area contributed by atoms with Crippen LogP contribution in [0.5, 0.6) is 5.75 Å². The SMILES string of the molecule is Brc1cc2c(c(CNC(c3cccs3)C3CC3)c1)OCC2. The second kappa shape index (κ2) is 5.75. The van der Waals surface area contributed by atoms with Gasteiger partial charge in [-0.25, -0.2) is 0 Å². The fourth-order valence-electron chi connectivity index (χ4n) is 3.09. The molecule has 0 spiro atoms. The van der Waals surface area contributed by atoms with E-state index in [4.69, 9.17) is 4.74 Å². The summed E-state index contributed by atoms with van der Waals surface area (Å²) in [5, 5.41) is 5.94. The van der Waals surface area contributed by atoms with E-state index in [9.17, 15) is 0 Å². The average Bonchev–Trinajstić information content (AvgIpc) is 2.98. The Morgan fingerprint density at radius 1 is 1.38 bits per heavy atom. The van der Waals surface area contributed by atoms with Crippen LogP contribution in [0, 0.1) is 5.92 Å². The van der Waals surface area contributed by atoms with Crippen molar-refractivity contribution in [2.45, 2.75) is 31.8 Å². The number of hydrogen-bond acceptors (Lipinski definition) is 3. The van der Waals surface area contributed by atoms with Gasteiger partial charge in [-0.15, -0.1) is 11.3 Å². The molecule has 1 aromatic heterocycles. The largest absolute Gasteiger partial charge is 0.493 e. The summed E-state index contributed by atoms with van der Waals surface area (Å²) in [4.78, 5) is 1.46. The molecule has 2 aliphatic rings. The van der Waals surface area contributed by atoms with Gasteiger partial charge in [0.25, 0.3) is 0 Å². The second-order valence-corrected chi connectivity index (χ2v) is 7.76. The highest BCUT2D eigenvalue weighted by Crippen LogP contribution is 2.43. The molecule has 0 bridgehead atoms. The molecule has 0 radical (unpaired) electrons. The minimum absolute atomic E-state index is 0.501. The molecule has 1 unspecified atom stereocenters. The Bertz CT molecular complexity index is 636. The number of benzene rings is 1. The molecule has 21 heavy (non-hydrogen) atoms. The van der Waals surface area contributed by atoms with E-state index >= 15 is 0 Å². The number of hydrogen-bond donors (Lipinski definition) is 1. The van der Waals surface area contributed by atoms with Crippen LogP contribution in [0.3, 0.4) is 0 Å². The van der Waals surface area contributed by atoms with Crippen LogP contribution in [-0.2, 0) is 13.0 Å². The Morgan fingerprint density at radius 2 is 2.29 bits per heavy atom. The summed E-state index contributed by atoms with van der Waals surface area (Å²) < 4.78 is 6.98. The van der Waals surface area contributed by atoms with Crippen molar-refractivity contribution in [2.24, 2.45) is 5.92 Å². The monoisotopic (exact) mass is 363 g/mol. The van der Waals surface area contributed by atoms with E-state index in [0.29, 0.717) is 6.04 Å². The van der Waals surface area contributed by atoms with Crippen LogP contribution in [-0.4, -0.2) is 6.61 Å². The van der Waals surface area contributed by atoms with E-state index in [-0.39, 0.29) is 0 Å². The molecule has 0 amide bonds. The molecule has 1 aromatic carbocycles. The lowest BCUT2D eigenvalue weighted by atomic mass is 10.1. The fraction of sp³-hybridized carbons (Fsp3) is 0.412. The average molecular weight is 364 g/mol. The lowest BCUT2D eigenvalue weighted by Gasteiger charge is -2.18. The van der Waals surface area contributed by atoms with Gasteiger partial charge in [0, 0.05) is 33.9 Å². The molecule has 1 atom stereocenters. The quantitative estimate of drug-likeness (QED) is 0.831. The molecule has 2 aromatic rings. The molecule has 2 heterocycles. The maximum absolute atomic E-state index is 5.83. The molecular weight excluding hydrogens is 346 g/mol. The van der Waals surface area contributed by atoms with Gasteiger partial charge in [-0.1, -0.05) is 22.0 Å². The summed E-state index contributed by atoms with van der Waals surface area (Å²) in [7, 11) is 0. The first kappa shape index (κ1) is 13.8. The third kappa shape index (κ3) is 2.89. The molecule has 110 valence electrons. The van der Waals surface area contributed by atoms with Crippen LogP contribution in [0.1, 0.15) is 34.9 Å². The standard InChI is InChI=1S/C17H18BrNOS/c18-14-8-12-5-6-20-17(12)13(9-14)10-19-16(11-3-4-11)15-2-1-7-21-15/h1-2,7-9,11,16,19H,3-6,10H2. The Balaban J connectivity index is 1.54. The zero-order chi connectivity index (χ0) is 14.2. The van der Waals surface area contributed by atoms with Crippen molar-refractivity contribution in [3.63, 3.8) is 0 Å². The minimum Gasteiger partial charge on any atom is -0.493 e. The van der Waals surface area contributed by atoms with Crippen LogP contribution in [0.25, 0.3) is 0 Å². The van der Waals surface area contributed by atoms with E-state index in [1.807, 2.05) is 11.3 Å². The van der Waals surface area contributed by atoms with Gasteiger partial charge in [-0.3, -0.25) is 0 Å². The third-order valence-corrected chi connectivity index (χ3v) is 5.69. The van der Waals surface area contributed by atoms with Crippen LogP contribution in [0.15, 0.2) is 34.1 Å². The Morgan fingerprint density at radius 3 is 3.05 bits per heavy atom. The van der Waals surface area contributed by atoms with Gasteiger partial charge in [-0.05, 0) is 47.9 Å². The highest BCUT2D eigenvalue weighted by atomic mass is 79.9. The molecule has 4 rings (SSSR count). The summed E-state index contributed by atoms with van der Waals surface area (Å²) in [6.45, 7) is 1.69. The number of rotatable bonds is 5. The van der Waals surface area contributed by atoms with Gasteiger partial charge < -0.3 is 10.1 Å². The zero-order valence-electron chi connectivity index (χ0n) is 11.8. The van der Waals surface area contributed by atoms with Gasteiger partial charge in [0.1, 0.15) is 5.75 Å². The predicted octanol–water partition coefficient (Wildman–Crippen LogP) is 4.69. The van der Waals surface area contributed by atoms with Crippen LogP contribution in [0.4, 0.5) is 0 Å². The highest BCUT2D eigenvalue weighted by molar-refractivity contribution is 9.10. The third-order valence-electron chi connectivity index (χ3n) is 4.28. The molecule has 4 heteroatoms. The fourth-order valence-corrected chi connectivity index (χ4v) is 4.54. The van der Waals surface area contributed by atoms with E-state index in [2.05, 4.69) is 50.9 Å². The summed E-state index contributed by atoms with van der Waals surface area (Å²) in [5.74, 6) is 1.91. The maximum Gasteiger partial charge on any atom is 0.127 e. The van der Waals surface area contributed by atoms with E-state index < -0.39 is 0 Å². The Kier molecular flexibility index (Phi) is 3.78. The van der Waals surface area contributed by atoms with Gasteiger partial charge in [0.15, 0.2) is 0 Å². The summed E-state index contributed by atoms with van der Waals surface area (Å²) in [6.07, 6.45) is 3.73. The van der Waals surface area contributed by atoms with Gasteiger partial charge in [-0.2, -0.15) is 0 Å². The molecule has 0 saturated heterocycles. The van der Waals surface area contributed by atoms with E-state index in [0.717, 1.165) is 35.7 Å². The van der Waals surface area contributed by atoms with Crippen LogP contribution in [0.2, 0.25) is 0 Å². The first-order valence-electron chi connectivity index (χ1n) is 7.52. The molecular formula is C17H18BrNOS. The summed E-state index contributed by atoms with van der Waals surface area (Å²) in [6, 6.07) is 9.28. The number of ether oxygens (including phenoxy) is 1. The topological polar surface area (TPSA) is 21.3 Å². The van der Waals surface area contributed by atoms with E-state index in [1.54, 1.807) is 0 Å². The second-order valence-electron chi connectivity index (χ2n) is 5.86. The smallest absolute Gasteiger partial charge is 0.127 e. The zero-order valence-corrected chi connectivity index (χ0v) is 14.2. The molecule has 1 aliphatic carbocycles. The van der Waals surface area contributed by atoms with Crippen molar-refractivity contribution in [3.05, 3.63) is 50.1 Å². The Labute approximate surface area is 137 Å². The van der Waals surface area contributed by atoms with Crippen molar-refractivity contribution in [1.82, 2.24) is 5.32 Å². The molecule has 1 aliphatic heterocycles. The van der Waals surface area contributed by atoms with Crippen LogP contribution >= 0.6 is 27.3 Å². The minimum atomic E-state index is 0.501. The first-order valence-corrected chi connectivity index (χ1v) is 9.19.